The summed E-state index contributed by atoms with van der Waals surface area (Å²) < 4.78 is 57.2. The van der Waals surface area contributed by atoms with Gasteiger partial charge in [0.2, 0.25) is 10.0 Å². The first-order valence-corrected chi connectivity index (χ1v) is 9.71. The molecule has 0 radical (unpaired) electrons. The summed E-state index contributed by atoms with van der Waals surface area (Å²) in [5, 5.41) is 0. The molecule has 0 saturated carbocycles. The third-order valence-electron chi connectivity index (χ3n) is 4.05. The van der Waals surface area contributed by atoms with E-state index in [1.165, 1.54) is 25.2 Å². The molecule has 0 heterocycles. The van der Waals surface area contributed by atoms with Crippen molar-refractivity contribution in [3.63, 3.8) is 0 Å². The monoisotopic (exact) mass is 411 g/mol. The highest BCUT2D eigenvalue weighted by Gasteiger charge is 2.24. The summed E-state index contributed by atoms with van der Waals surface area (Å²) in [6, 6.07) is 7.52. The lowest BCUT2D eigenvalue weighted by Crippen LogP contribution is -2.33. The number of carbonyl (C=O) groups is 2. The normalized spacial score (nSPS) is 11.7. The van der Waals surface area contributed by atoms with Gasteiger partial charge < -0.3 is 4.74 Å². The van der Waals surface area contributed by atoms with Crippen LogP contribution in [0.15, 0.2) is 47.4 Å². The van der Waals surface area contributed by atoms with Crippen LogP contribution < -0.4 is 0 Å². The number of ketones is 1. The minimum absolute atomic E-state index is 0.0590. The Morgan fingerprint density at radius 1 is 1.04 bits per heavy atom. The van der Waals surface area contributed by atoms with E-state index in [2.05, 4.69) is 0 Å². The lowest BCUT2D eigenvalue weighted by atomic mass is 10.1. The largest absolute Gasteiger partial charge is 0.454 e. The summed E-state index contributed by atoms with van der Waals surface area (Å²) in [7, 11) is -2.37. The number of esters is 1. The highest BCUT2D eigenvalue weighted by Crippen LogP contribution is 2.18. The second-order valence-electron chi connectivity index (χ2n) is 6.27. The van der Waals surface area contributed by atoms with Crippen LogP contribution in [0, 0.1) is 11.6 Å². The molecule has 9 heteroatoms. The van der Waals surface area contributed by atoms with Crippen molar-refractivity contribution < 1.29 is 31.5 Å². The smallest absolute Gasteiger partial charge is 0.338 e. The first kappa shape index (κ1) is 21.6. The molecule has 0 bridgehead atoms. The molecule has 28 heavy (non-hydrogen) atoms. The van der Waals surface area contributed by atoms with E-state index in [1.54, 1.807) is 13.8 Å². The van der Waals surface area contributed by atoms with Gasteiger partial charge in [-0.15, -0.1) is 0 Å². The van der Waals surface area contributed by atoms with Crippen molar-refractivity contribution in [2.45, 2.75) is 24.8 Å². The van der Waals surface area contributed by atoms with Gasteiger partial charge in [-0.3, -0.25) is 4.79 Å². The number of carbonyl (C=O) groups excluding carboxylic acids is 2. The Morgan fingerprint density at radius 3 is 2.32 bits per heavy atom. The predicted molar refractivity (Wildman–Crippen MR) is 97.5 cm³/mol. The molecule has 0 aliphatic rings. The van der Waals surface area contributed by atoms with Gasteiger partial charge in [-0.2, -0.15) is 4.31 Å². The number of hydrogen-bond donors (Lipinski definition) is 0. The fraction of sp³-hybridized carbons (Fsp3) is 0.263. The first-order valence-electron chi connectivity index (χ1n) is 8.27. The van der Waals surface area contributed by atoms with Gasteiger partial charge in [0, 0.05) is 18.7 Å². The fourth-order valence-corrected chi connectivity index (χ4v) is 3.61. The van der Waals surface area contributed by atoms with E-state index in [0.29, 0.717) is 6.07 Å². The number of hydrogen-bond acceptors (Lipinski definition) is 5. The number of Topliss-reactive ketones (excluding diaryl/α,β-unsaturated/α-hetero) is 1. The van der Waals surface area contributed by atoms with Crippen molar-refractivity contribution in [3.8, 4) is 0 Å². The molecule has 0 aliphatic carbocycles. The lowest BCUT2D eigenvalue weighted by molar-refractivity contribution is 0.0474. The Balaban J connectivity index is 2.13. The second kappa shape index (κ2) is 8.57. The minimum atomic E-state index is -3.80. The zero-order chi connectivity index (χ0) is 21.1. The van der Waals surface area contributed by atoms with E-state index in [9.17, 15) is 26.8 Å². The molecule has 0 spiro atoms. The standard InChI is InChI=1S/C19H19F2NO5S/c1-12(2)22(3)28(25,26)15-6-4-5-14(9-15)19(24)27-11-18(23)13-7-8-16(20)17(21)10-13/h4-10,12H,11H2,1-3H3. The maximum absolute atomic E-state index is 13.2. The molecule has 2 rings (SSSR count). The zero-order valence-corrected chi connectivity index (χ0v) is 16.3. The Bertz CT molecular complexity index is 1010. The van der Waals surface area contributed by atoms with Gasteiger partial charge in [-0.25, -0.2) is 22.0 Å². The van der Waals surface area contributed by atoms with Crippen LogP contribution in [0.4, 0.5) is 8.78 Å². The predicted octanol–water partition coefficient (Wildman–Crippen LogP) is 3.03. The lowest BCUT2D eigenvalue weighted by Gasteiger charge is -2.21. The molecule has 0 N–H and O–H groups in total. The molecule has 2 aromatic carbocycles. The fourth-order valence-electron chi connectivity index (χ4n) is 2.19. The molecule has 150 valence electrons. The molecule has 0 saturated heterocycles. The van der Waals surface area contributed by atoms with Gasteiger partial charge in [-0.05, 0) is 50.2 Å². The van der Waals surface area contributed by atoms with E-state index >= 15 is 0 Å². The van der Waals surface area contributed by atoms with Crippen LogP contribution in [0.1, 0.15) is 34.6 Å². The number of benzene rings is 2. The third-order valence-corrected chi connectivity index (χ3v) is 6.08. The van der Waals surface area contributed by atoms with Crippen LogP contribution in [0.2, 0.25) is 0 Å². The zero-order valence-electron chi connectivity index (χ0n) is 15.5. The number of ether oxygens (including phenoxy) is 1. The average molecular weight is 411 g/mol. The number of halogens is 2. The van der Waals surface area contributed by atoms with Gasteiger partial charge in [0.05, 0.1) is 10.5 Å². The maximum Gasteiger partial charge on any atom is 0.338 e. The summed E-state index contributed by atoms with van der Waals surface area (Å²) in [6.45, 7) is 2.71. The van der Waals surface area contributed by atoms with Gasteiger partial charge in [0.15, 0.2) is 24.0 Å². The molecule has 0 aliphatic heterocycles. The third kappa shape index (κ3) is 4.79. The first-order chi connectivity index (χ1) is 13.0. The van der Waals surface area contributed by atoms with Crippen molar-refractivity contribution in [3.05, 3.63) is 65.2 Å². The van der Waals surface area contributed by atoms with Crippen molar-refractivity contribution in [1.82, 2.24) is 4.31 Å². The Kier molecular flexibility index (Phi) is 6.63. The number of rotatable bonds is 7. The summed E-state index contributed by atoms with van der Waals surface area (Å²) in [6.07, 6.45) is 0. The van der Waals surface area contributed by atoms with Crippen LogP contribution in [0.25, 0.3) is 0 Å². The maximum atomic E-state index is 13.2. The van der Waals surface area contributed by atoms with Crippen LogP contribution in [-0.4, -0.2) is 44.2 Å². The van der Waals surface area contributed by atoms with Gasteiger partial charge in [-0.1, -0.05) is 6.07 Å². The van der Waals surface area contributed by atoms with Crippen molar-refractivity contribution >= 4 is 21.8 Å². The van der Waals surface area contributed by atoms with E-state index in [4.69, 9.17) is 4.74 Å². The van der Waals surface area contributed by atoms with Crippen LogP contribution in [0.5, 0.6) is 0 Å². The second-order valence-corrected chi connectivity index (χ2v) is 8.27. The Morgan fingerprint density at radius 2 is 1.71 bits per heavy atom. The van der Waals surface area contributed by atoms with E-state index < -0.39 is 40.0 Å². The summed E-state index contributed by atoms with van der Waals surface area (Å²) in [5.74, 6) is -3.93. The molecule has 0 unspecified atom stereocenters. The molecule has 6 nitrogen and oxygen atoms in total. The topological polar surface area (TPSA) is 80.8 Å². The van der Waals surface area contributed by atoms with Crippen LogP contribution in [0.3, 0.4) is 0 Å². The molecule has 0 aromatic heterocycles. The average Bonchev–Trinajstić information content (AvgIpc) is 2.67. The van der Waals surface area contributed by atoms with Crippen molar-refractivity contribution in [1.29, 1.82) is 0 Å². The molecule has 0 amide bonds. The van der Waals surface area contributed by atoms with Crippen molar-refractivity contribution in [2.24, 2.45) is 0 Å². The van der Waals surface area contributed by atoms with E-state index in [1.807, 2.05) is 0 Å². The summed E-state index contributed by atoms with van der Waals surface area (Å²) in [5.41, 5.74) is -0.210. The van der Waals surface area contributed by atoms with E-state index in [0.717, 1.165) is 22.5 Å². The number of nitrogens with zero attached hydrogens (tertiary/aromatic N) is 1. The molecular formula is C19H19F2NO5S. The summed E-state index contributed by atoms with van der Waals surface area (Å²) in [4.78, 5) is 24.0. The van der Waals surface area contributed by atoms with Crippen LogP contribution in [-0.2, 0) is 14.8 Å². The van der Waals surface area contributed by atoms with E-state index in [-0.39, 0.29) is 22.1 Å². The van der Waals surface area contributed by atoms with Gasteiger partial charge >= 0.3 is 5.97 Å². The quantitative estimate of drug-likeness (QED) is 0.517. The number of sulfonamides is 1. The van der Waals surface area contributed by atoms with Crippen molar-refractivity contribution in [2.75, 3.05) is 13.7 Å². The molecule has 0 atom stereocenters. The Hall–Kier alpha value is -2.65. The van der Waals surface area contributed by atoms with Gasteiger partial charge in [0.1, 0.15) is 0 Å². The minimum Gasteiger partial charge on any atom is -0.454 e. The van der Waals surface area contributed by atoms with Gasteiger partial charge in [0.25, 0.3) is 0 Å². The Labute approximate surface area is 161 Å². The highest BCUT2D eigenvalue weighted by atomic mass is 32.2. The molecule has 0 fully saturated rings. The summed E-state index contributed by atoms with van der Waals surface area (Å²) >= 11 is 0. The highest BCUT2D eigenvalue weighted by molar-refractivity contribution is 7.89. The molecular weight excluding hydrogens is 392 g/mol. The van der Waals surface area contributed by atoms with Crippen LogP contribution >= 0.6 is 0 Å². The SMILES string of the molecule is CC(C)N(C)S(=O)(=O)c1cccc(C(=O)OCC(=O)c2ccc(F)c(F)c2)c1. The molecule has 2 aromatic rings.